The molecule has 14 heavy (non-hydrogen) atoms. The Balaban J connectivity index is 2.65. The number of aryl methyl sites for hydroxylation is 2. The Hall–Kier alpha value is -0.810. The van der Waals surface area contributed by atoms with Gasteiger partial charge in [-0.15, -0.1) is 0 Å². The van der Waals surface area contributed by atoms with Gasteiger partial charge >= 0.3 is 0 Å². The largest absolute Gasteiger partial charge is 0.267 e. The molecule has 0 saturated carbocycles. The summed E-state index contributed by atoms with van der Waals surface area (Å²) in [7, 11) is 3.67. The molecule has 0 aliphatic carbocycles. The summed E-state index contributed by atoms with van der Waals surface area (Å²) >= 11 is 9.50. The van der Waals surface area contributed by atoms with E-state index in [1.807, 2.05) is 7.05 Å². The number of hydrogen-bond acceptors (Lipinski definition) is 2. The summed E-state index contributed by atoms with van der Waals surface area (Å²) < 4.78 is 4.29. The minimum atomic E-state index is 0.606. The van der Waals surface area contributed by atoms with Crippen molar-refractivity contribution in [2.24, 2.45) is 14.1 Å². The van der Waals surface area contributed by atoms with Gasteiger partial charge in [0.05, 0.1) is 28.1 Å². The standard InChI is InChI=1S/C8H8BrClN4/c1-13-7(6(9)4-12-13)5-3-11-14(2)8(5)10/h3-4H,1-2H3. The molecule has 0 bridgehead atoms. The third kappa shape index (κ3) is 1.36. The SMILES string of the molecule is Cn1ncc(-c2c(Br)cnn2C)c1Cl. The molecule has 0 aromatic carbocycles. The van der Waals surface area contributed by atoms with Gasteiger partial charge in [0.25, 0.3) is 0 Å². The Labute approximate surface area is 94.6 Å². The molecule has 0 aliphatic rings. The number of nitrogens with zero attached hydrogens (tertiary/aromatic N) is 4. The maximum atomic E-state index is 6.08. The summed E-state index contributed by atoms with van der Waals surface area (Å²) in [6.45, 7) is 0. The molecule has 6 heteroatoms. The second-order valence-corrected chi connectivity index (χ2v) is 4.15. The molecule has 0 atom stereocenters. The highest BCUT2D eigenvalue weighted by atomic mass is 79.9. The lowest BCUT2D eigenvalue weighted by atomic mass is 10.2. The van der Waals surface area contributed by atoms with Gasteiger partial charge in [0, 0.05) is 14.1 Å². The molecule has 2 aromatic rings. The van der Waals surface area contributed by atoms with Gasteiger partial charge in [-0.25, -0.2) is 0 Å². The van der Waals surface area contributed by atoms with Gasteiger partial charge in [-0.2, -0.15) is 10.2 Å². The van der Waals surface area contributed by atoms with E-state index in [2.05, 4.69) is 26.1 Å². The van der Waals surface area contributed by atoms with Crippen LogP contribution in [0.15, 0.2) is 16.9 Å². The summed E-state index contributed by atoms with van der Waals surface area (Å²) in [5, 5.41) is 8.80. The van der Waals surface area contributed by atoms with Gasteiger partial charge < -0.3 is 0 Å². The van der Waals surface area contributed by atoms with Crippen molar-refractivity contribution in [3.05, 3.63) is 22.0 Å². The van der Waals surface area contributed by atoms with Crippen LogP contribution >= 0.6 is 27.5 Å². The highest BCUT2D eigenvalue weighted by Gasteiger charge is 2.15. The van der Waals surface area contributed by atoms with Gasteiger partial charge in [-0.05, 0) is 15.9 Å². The first-order valence-corrected chi connectivity index (χ1v) is 5.13. The minimum absolute atomic E-state index is 0.606. The molecule has 0 aliphatic heterocycles. The van der Waals surface area contributed by atoms with E-state index in [-0.39, 0.29) is 0 Å². The van der Waals surface area contributed by atoms with Crippen LogP contribution < -0.4 is 0 Å². The van der Waals surface area contributed by atoms with E-state index < -0.39 is 0 Å². The van der Waals surface area contributed by atoms with Gasteiger partial charge in [0.1, 0.15) is 5.15 Å². The molecule has 0 amide bonds. The van der Waals surface area contributed by atoms with E-state index in [1.54, 1.807) is 28.8 Å². The molecule has 2 heterocycles. The molecule has 74 valence electrons. The van der Waals surface area contributed by atoms with Crippen molar-refractivity contribution < 1.29 is 0 Å². The molecular weight excluding hydrogens is 267 g/mol. The van der Waals surface area contributed by atoms with Crippen LogP contribution in [-0.4, -0.2) is 19.6 Å². The minimum Gasteiger partial charge on any atom is -0.267 e. The van der Waals surface area contributed by atoms with Crippen molar-refractivity contribution in [1.82, 2.24) is 19.6 Å². The summed E-state index contributed by atoms with van der Waals surface area (Å²) in [5.41, 5.74) is 1.81. The summed E-state index contributed by atoms with van der Waals surface area (Å²) in [6.07, 6.45) is 3.46. The van der Waals surface area contributed by atoms with Crippen LogP contribution in [-0.2, 0) is 14.1 Å². The van der Waals surface area contributed by atoms with E-state index in [9.17, 15) is 0 Å². The predicted octanol–water partition coefficient (Wildman–Crippen LogP) is 2.24. The first kappa shape index (κ1) is 9.73. The van der Waals surface area contributed by atoms with Crippen molar-refractivity contribution in [2.75, 3.05) is 0 Å². The van der Waals surface area contributed by atoms with Gasteiger partial charge in [-0.1, -0.05) is 11.6 Å². The van der Waals surface area contributed by atoms with Crippen LogP contribution in [0.25, 0.3) is 11.3 Å². The van der Waals surface area contributed by atoms with Crippen LogP contribution in [0.3, 0.4) is 0 Å². The summed E-state index contributed by atoms with van der Waals surface area (Å²) in [6, 6.07) is 0. The smallest absolute Gasteiger partial charge is 0.136 e. The van der Waals surface area contributed by atoms with E-state index >= 15 is 0 Å². The van der Waals surface area contributed by atoms with Crippen LogP contribution in [0.5, 0.6) is 0 Å². The lowest BCUT2D eigenvalue weighted by molar-refractivity contribution is 0.766. The van der Waals surface area contributed by atoms with Crippen LogP contribution in [0.1, 0.15) is 0 Å². The maximum absolute atomic E-state index is 6.08. The molecule has 0 unspecified atom stereocenters. The fraction of sp³-hybridized carbons (Fsp3) is 0.250. The van der Waals surface area contributed by atoms with E-state index in [1.165, 1.54) is 0 Å². The fourth-order valence-electron chi connectivity index (χ4n) is 1.30. The molecule has 0 saturated heterocycles. The van der Waals surface area contributed by atoms with Crippen molar-refractivity contribution in [2.45, 2.75) is 0 Å². The highest BCUT2D eigenvalue weighted by Crippen LogP contribution is 2.32. The van der Waals surface area contributed by atoms with E-state index in [4.69, 9.17) is 11.6 Å². The zero-order valence-corrected chi connectivity index (χ0v) is 10.0. The van der Waals surface area contributed by atoms with Crippen LogP contribution in [0, 0.1) is 0 Å². The Kier molecular flexibility index (Phi) is 2.36. The van der Waals surface area contributed by atoms with Crippen molar-refractivity contribution in [3.63, 3.8) is 0 Å². The number of aromatic nitrogens is 4. The van der Waals surface area contributed by atoms with Gasteiger partial charge in [0.15, 0.2) is 0 Å². The predicted molar refractivity (Wildman–Crippen MR) is 58.1 cm³/mol. The fourth-order valence-corrected chi connectivity index (χ4v) is 2.04. The number of halogens is 2. The summed E-state index contributed by atoms with van der Waals surface area (Å²) in [5.74, 6) is 0. The van der Waals surface area contributed by atoms with E-state index in [0.29, 0.717) is 5.15 Å². The Morgan fingerprint density at radius 3 is 2.29 bits per heavy atom. The summed E-state index contributed by atoms with van der Waals surface area (Å²) in [4.78, 5) is 0. The maximum Gasteiger partial charge on any atom is 0.136 e. The van der Waals surface area contributed by atoms with Crippen molar-refractivity contribution >= 4 is 27.5 Å². The zero-order valence-electron chi connectivity index (χ0n) is 7.70. The van der Waals surface area contributed by atoms with Gasteiger partial charge in [0.2, 0.25) is 0 Å². The molecule has 2 aromatic heterocycles. The molecule has 0 spiro atoms. The molecule has 4 nitrogen and oxygen atoms in total. The molecule has 0 fully saturated rings. The zero-order chi connectivity index (χ0) is 10.3. The topological polar surface area (TPSA) is 35.6 Å². The second kappa shape index (κ2) is 3.40. The lowest BCUT2D eigenvalue weighted by Crippen LogP contribution is -1.94. The lowest BCUT2D eigenvalue weighted by Gasteiger charge is -2.00. The van der Waals surface area contributed by atoms with E-state index in [0.717, 1.165) is 15.7 Å². The molecule has 2 rings (SSSR count). The highest BCUT2D eigenvalue weighted by molar-refractivity contribution is 9.10. The normalized spacial score (nSPS) is 10.9. The van der Waals surface area contributed by atoms with Crippen molar-refractivity contribution in [1.29, 1.82) is 0 Å². The monoisotopic (exact) mass is 274 g/mol. The quantitative estimate of drug-likeness (QED) is 0.800. The van der Waals surface area contributed by atoms with Crippen molar-refractivity contribution in [3.8, 4) is 11.3 Å². The average Bonchev–Trinajstić information content (AvgIpc) is 2.62. The Morgan fingerprint density at radius 1 is 1.21 bits per heavy atom. The van der Waals surface area contributed by atoms with Crippen LogP contribution in [0.4, 0.5) is 0 Å². The third-order valence-corrected chi connectivity index (χ3v) is 3.04. The first-order valence-electron chi connectivity index (χ1n) is 3.96. The number of hydrogen-bond donors (Lipinski definition) is 0. The molecule has 0 radical (unpaired) electrons. The first-order chi connectivity index (χ1) is 6.61. The Bertz CT molecular complexity index is 454. The number of rotatable bonds is 1. The average molecular weight is 276 g/mol. The van der Waals surface area contributed by atoms with Crippen LogP contribution in [0.2, 0.25) is 5.15 Å². The molecular formula is C8H8BrClN4. The molecule has 0 N–H and O–H groups in total. The third-order valence-electron chi connectivity index (χ3n) is 2.02. The second-order valence-electron chi connectivity index (χ2n) is 2.94. The Morgan fingerprint density at radius 2 is 1.86 bits per heavy atom. The van der Waals surface area contributed by atoms with Gasteiger partial charge in [-0.3, -0.25) is 9.36 Å².